The minimum atomic E-state index is -1.25. The fourth-order valence-corrected chi connectivity index (χ4v) is 2.12. The number of phenolic OH excluding ortho intramolecular Hbond substituents is 1. The number of phenols is 1. The van der Waals surface area contributed by atoms with Gasteiger partial charge in [-0.25, -0.2) is 4.79 Å². The Morgan fingerprint density at radius 3 is 2.57 bits per heavy atom. The molecule has 0 spiro atoms. The second-order valence-electron chi connectivity index (χ2n) is 4.44. The molecule has 0 aliphatic rings. The molecule has 2 rings (SSSR count). The monoisotopic (exact) mass is 305 g/mol. The van der Waals surface area contributed by atoms with Crippen LogP contribution in [0.15, 0.2) is 36.4 Å². The van der Waals surface area contributed by atoms with E-state index < -0.39 is 11.9 Å². The van der Waals surface area contributed by atoms with Crippen LogP contribution in [0.1, 0.15) is 26.3 Å². The van der Waals surface area contributed by atoms with Gasteiger partial charge in [0.15, 0.2) is 0 Å². The zero-order chi connectivity index (χ0) is 15.6. The average Bonchev–Trinajstić information content (AvgIpc) is 2.41. The maximum Gasteiger partial charge on any atom is 0.339 e. The van der Waals surface area contributed by atoms with E-state index in [0.29, 0.717) is 0 Å². The van der Waals surface area contributed by atoms with Crippen molar-refractivity contribution in [2.45, 2.75) is 6.92 Å². The number of aryl methyl sites for hydroxylation is 1. The number of carbonyl (C=O) groups is 2. The lowest BCUT2D eigenvalue weighted by Crippen LogP contribution is -2.15. The van der Waals surface area contributed by atoms with E-state index in [2.05, 4.69) is 5.32 Å². The van der Waals surface area contributed by atoms with Crippen molar-refractivity contribution in [1.29, 1.82) is 0 Å². The van der Waals surface area contributed by atoms with Gasteiger partial charge >= 0.3 is 5.97 Å². The molecule has 0 heterocycles. The summed E-state index contributed by atoms with van der Waals surface area (Å²) in [7, 11) is 0. The van der Waals surface area contributed by atoms with Gasteiger partial charge in [-0.1, -0.05) is 29.3 Å². The second-order valence-corrected chi connectivity index (χ2v) is 4.85. The van der Waals surface area contributed by atoms with E-state index in [1.165, 1.54) is 30.3 Å². The minimum Gasteiger partial charge on any atom is -0.507 e. The summed E-state index contributed by atoms with van der Waals surface area (Å²) < 4.78 is 0. The summed E-state index contributed by atoms with van der Waals surface area (Å²) in [5.74, 6) is -2.04. The first kappa shape index (κ1) is 14.9. The van der Waals surface area contributed by atoms with Gasteiger partial charge in [0.05, 0.1) is 16.3 Å². The number of aromatic hydroxyl groups is 1. The molecule has 0 fully saturated rings. The Morgan fingerprint density at radius 2 is 1.90 bits per heavy atom. The summed E-state index contributed by atoms with van der Waals surface area (Å²) in [6, 6.07) is 8.95. The lowest BCUT2D eigenvalue weighted by atomic mass is 10.1. The van der Waals surface area contributed by atoms with Crippen molar-refractivity contribution in [3.63, 3.8) is 0 Å². The maximum absolute atomic E-state index is 12.2. The molecule has 0 saturated heterocycles. The number of hydrogen-bond donors (Lipinski definition) is 3. The van der Waals surface area contributed by atoms with E-state index in [-0.39, 0.29) is 27.6 Å². The summed E-state index contributed by atoms with van der Waals surface area (Å²) in [5, 5.41) is 21.3. The molecule has 0 atom stereocenters. The second kappa shape index (κ2) is 5.85. The van der Waals surface area contributed by atoms with Crippen LogP contribution in [0.4, 0.5) is 5.69 Å². The number of hydrogen-bond acceptors (Lipinski definition) is 3. The molecule has 0 unspecified atom stereocenters. The number of anilines is 1. The van der Waals surface area contributed by atoms with E-state index >= 15 is 0 Å². The highest BCUT2D eigenvalue weighted by atomic mass is 35.5. The number of benzene rings is 2. The largest absolute Gasteiger partial charge is 0.507 e. The molecule has 1 amide bonds. The third kappa shape index (κ3) is 3.14. The Labute approximate surface area is 125 Å². The molecule has 0 aliphatic carbocycles. The average molecular weight is 306 g/mol. The zero-order valence-corrected chi connectivity index (χ0v) is 11.8. The van der Waals surface area contributed by atoms with Crippen molar-refractivity contribution in [3.8, 4) is 5.75 Å². The predicted molar refractivity (Wildman–Crippen MR) is 79.2 cm³/mol. The quantitative estimate of drug-likeness (QED) is 0.812. The van der Waals surface area contributed by atoms with Crippen molar-refractivity contribution in [3.05, 3.63) is 58.1 Å². The van der Waals surface area contributed by atoms with Crippen LogP contribution in [0.3, 0.4) is 0 Å². The standard InChI is InChI=1S/C15H12ClNO4/c1-8-5-6-12(18)9(7-8)14(19)17-11-4-2-3-10(16)13(11)15(20)21/h2-7,18H,1H3,(H,17,19)(H,20,21). The Morgan fingerprint density at radius 1 is 1.19 bits per heavy atom. The van der Waals surface area contributed by atoms with Gasteiger partial charge in [-0.05, 0) is 31.2 Å². The van der Waals surface area contributed by atoms with Crippen molar-refractivity contribution in [1.82, 2.24) is 0 Å². The number of aromatic carboxylic acids is 1. The molecule has 6 heteroatoms. The van der Waals surface area contributed by atoms with Gasteiger partial charge in [0.1, 0.15) is 11.3 Å². The third-order valence-electron chi connectivity index (χ3n) is 2.87. The molecule has 0 aromatic heterocycles. The summed E-state index contributed by atoms with van der Waals surface area (Å²) in [6.07, 6.45) is 0. The molecule has 0 saturated carbocycles. The lowest BCUT2D eigenvalue weighted by molar-refractivity contribution is 0.0698. The normalized spacial score (nSPS) is 10.2. The van der Waals surface area contributed by atoms with Crippen LogP contribution < -0.4 is 5.32 Å². The molecule has 3 N–H and O–H groups in total. The van der Waals surface area contributed by atoms with Crippen molar-refractivity contribution in [2.24, 2.45) is 0 Å². The van der Waals surface area contributed by atoms with Crippen molar-refractivity contribution >= 4 is 29.2 Å². The molecule has 108 valence electrons. The Balaban J connectivity index is 2.39. The summed E-state index contributed by atoms with van der Waals surface area (Å²) in [4.78, 5) is 23.4. The smallest absolute Gasteiger partial charge is 0.339 e. The molecule has 2 aromatic carbocycles. The van der Waals surface area contributed by atoms with Crippen LogP contribution in [0.25, 0.3) is 0 Å². The van der Waals surface area contributed by atoms with Crippen LogP contribution >= 0.6 is 11.6 Å². The Kier molecular flexibility index (Phi) is 4.14. The zero-order valence-electron chi connectivity index (χ0n) is 11.1. The fraction of sp³-hybridized carbons (Fsp3) is 0.0667. The predicted octanol–water partition coefficient (Wildman–Crippen LogP) is 3.30. The Hall–Kier alpha value is -2.53. The van der Waals surface area contributed by atoms with E-state index in [0.717, 1.165) is 5.56 Å². The topological polar surface area (TPSA) is 86.6 Å². The van der Waals surface area contributed by atoms with Crippen LogP contribution in [-0.4, -0.2) is 22.1 Å². The molecule has 5 nitrogen and oxygen atoms in total. The van der Waals surface area contributed by atoms with Crippen LogP contribution in [-0.2, 0) is 0 Å². The summed E-state index contributed by atoms with van der Waals surface area (Å²) in [5.41, 5.74) is 0.731. The molecular formula is C15H12ClNO4. The lowest BCUT2D eigenvalue weighted by Gasteiger charge is -2.11. The van der Waals surface area contributed by atoms with Crippen molar-refractivity contribution < 1.29 is 19.8 Å². The van der Waals surface area contributed by atoms with Crippen molar-refractivity contribution in [2.75, 3.05) is 5.32 Å². The summed E-state index contributed by atoms with van der Waals surface area (Å²) >= 11 is 5.83. The number of carboxylic acids is 1. The minimum absolute atomic E-state index is 0.0220. The molecule has 0 bridgehead atoms. The van der Waals surface area contributed by atoms with Gasteiger partial charge in [-0.2, -0.15) is 0 Å². The van der Waals surface area contributed by atoms with Gasteiger partial charge in [0.2, 0.25) is 0 Å². The molecule has 0 radical (unpaired) electrons. The number of rotatable bonds is 3. The van der Waals surface area contributed by atoms with Gasteiger partial charge in [-0.3, -0.25) is 4.79 Å². The summed E-state index contributed by atoms with van der Waals surface area (Å²) in [6.45, 7) is 1.78. The number of nitrogens with one attached hydrogen (secondary N) is 1. The molecular weight excluding hydrogens is 294 g/mol. The van der Waals surface area contributed by atoms with E-state index in [1.807, 2.05) is 0 Å². The number of halogens is 1. The van der Waals surface area contributed by atoms with Gasteiger partial charge in [0.25, 0.3) is 5.91 Å². The van der Waals surface area contributed by atoms with E-state index in [9.17, 15) is 14.7 Å². The van der Waals surface area contributed by atoms with Gasteiger partial charge in [0, 0.05) is 0 Å². The third-order valence-corrected chi connectivity index (χ3v) is 3.19. The SMILES string of the molecule is Cc1ccc(O)c(C(=O)Nc2cccc(Cl)c2C(=O)O)c1. The number of carbonyl (C=O) groups excluding carboxylic acids is 1. The Bertz CT molecular complexity index is 728. The highest BCUT2D eigenvalue weighted by molar-refractivity contribution is 6.34. The maximum atomic E-state index is 12.2. The fourth-order valence-electron chi connectivity index (χ4n) is 1.87. The highest BCUT2D eigenvalue weighted by Gasteiger charge is 2.18. The first-order chi connectivity index (χ1) is 9.90. The highest BCUT2D eigenvalue weighted by Crippen LogP contribution is 2.26. The molecule has 21 heavy (non-hydrogen) atoms. The molecule has 2 aromatic rings. The number of carboxylic acid groups (broad SMARTS) is 1. The first-order valence-corrected chi connectivity index (χ1v) is 6.40. The van der Waals surface area contributed by atoms with Crippen LogP contribution in [0, 0.1) is 6.92 Å². The van der Waals surface area contributed by atoms with Crippen LogP contribution in [0.5, 0.6) is 5.75 Å². The van der Waals surface area contributed by atoms with E-state index in [4.69, 9.17) is 16.7 Å². The number of amides is 1. The van der Waals surface area contributed by atoms with Gasteiger partial charge < -0.3 is 15.5 Å². The molecule has 0 aliphatic heterocycles. The first-order valence-electron chi connectivity index (χ1n) is 6.03. The van der Waals surface area contributed by atoms with E-state index in [1.54, 1.807) is 13.0 Å². The van der Waals surface area contributed by atoms with Crippen LogP contribution in [0.2, 0.25) is 5.02 Å². The van der Waals surface area contributed by atoms with Gasteiger partial charge in [-0.15, -0.1) is 0 Å².